The third-order valence-electron chi connectivity index (χ3n) is 3.17. The zero-order chi connectivity index (χ0) is 12.3. The second-order valence-corrected chi connectivity index (χ2v) is 4.54. The smallest absolute Gasteiger partial charge is 0.237 e. The molecule has 2 rings (SSSR count). The van der Waals surface area contributed by atoms with Crippen molar-refractivity contribution in [1.82, 2.24) is 4.98 Å². The molecule has 0 saturated heterocycles. The summed E-state index contributed by atoms with van der Waals surface area (Å²) in [5, 5.41) is 2.92. The average Bonchev–Trinajstić information content (AvgIpc) is 2.83. The maximum Gasteiger partial charge on any atom is 0.237 e. The molecule has 92 valence electrons. The lowest BCUT2D eigenvalue weighted by atomic mass is 10.1. The van der Waals surface area contributed by atoms with Crippen LogP contribution in [0.4, 0.5) is 5.69 Å². The molecule has 1 aliphatic carbocycles. The SMILES string of the molecule is COc1ncc(C)cc1NC(=O)C1CCCC1. The first-order chi connectivity index (χ1) is 8.20. The summed E-state index contributed by atoms with van der Waals surface area (Å²) in [5.41, 5.74) is 1.68. The molecule has 1 heterocycles. The van der Waals surface area contributed by atoms with Crippen molar-refractivity contribution in [2.75, 3.05) is 12.4 Å². The molecular weight excluding hydrogens is 216 g/mol. The Bertz CT molecular complexity index is 412. The summed E-state index contributed by atoms with van der Waals surface area (Å²) in [6.45, 7) is 1.94. The summed E-state index contributed by atoms with van der Waals surface area (Å²) in [6, 6.07) is 1.89. The minimum atomic E-state index is 0.0909. The van der Waals surface area contributed by atoms with Gasteiger partial charge in [0.05, 0.1) is 7.11 Å². The van der Waals surface area contributed by atoms with Gasteiger partial charge < -0.3 is 10.1 Å². The number of carbonyl (C=O) groups is 1. The predicted octanol–water partition coefficient (Wildman–Crippen LogP) is 2.53. The molecule has 1 N–H and O–H groups in total. The van der Waals surface area contributed by atoms with Crippen LogP contribution in [-0.4, -0.2) is 18.0 Å². The van der Waals surface area contributed by atoms with Crippen LogP contribution >= 0.6 is 0 Å². The van der Waals surface area contributed by atoms with Crippen LogP contribution in [0.5, 0.6) is 5.88 Å². The topological polar surface area (TPSA) is 51.2 Å². The molecule has 0 bridgehead atoms. The highest BCUT2D eigenvalue weighted by molar-refractivity contribution is 5.93. The van der Waals surface area contributed by atoms with Gasteiger partial charge in [0.1, 0.15) is 5.69 Å². The third kappa shape index (κ3) is 2.75. The second-order valence-electron chi connectivity index (χ2n) is 4.54. The molecule has 17 heavy (non-hydrogen) atoms. The molecule has 0 unspecified atom stereocenters. The Morgan fingerprint density at radius 1 is 1.47 bits per heavy atom. The summed E-state index contributed by atoms with van der Waals surface area (Å²) in [4.78, 5) is 16.1. The molecule has 0 radical (unpaired) electrons. The molecule has 1 saturated carbocycles. The fraction of sp³-hybridized carbons (Fsp3) is 0.538. The fourth-order valence-electron chi connectivity index (χ4n) is 2.23. The molecule has 1 aromatic rings. The summed E-state index contributed by atoms with van der Waals surface area (Å²) < 4.78 is 5.14. The van der Waals surface area contributed by atoms with Gasteiger partial charge in [-0.1, -0.05) is 12.8 Å². The lowest BCUT2D eigenvalue weighted by Crippen LogP contribution is -2.20. The summed E-state index contributed by atoms with van der Waals surface area (Å²) in [5.74, 6) is 0.718. The standard InChI is InChI=1S/C13H18N2O2/c1-9-7-11(13(17-2)14-8-9)15-12(16)10-5-3-4-6-10/h7-8,10H,3-6H2,1-2H3,(H,15,16). The Morgan fingerprint density at radius 3 is 2.82 bits per heavy atom. The van der Waals surface area contributed by atoms with E-state index in [1.807, 2.05) is 13.0 Å². The number of aromatic nitrogens is 1. The highest BCUT2D eigenvalue weighted by atomic mass is 16.5. The van der Waals surface area contributed by atoms with Gasteiger partial charge in [0, 0.05) is 12.1 Å². The van der Waals surface area contributed by atoms with Crippen molar-refractivity contribution < 1.29 is 9.53 Å². The van der Waals surface area contributed by atoms with Crippen molar-refractivity contribution >= 4 is 11.6 Å². The first-order valence-electron chi connectivity index (χ1n) is 6.02. The predicted molar refractivity (Wildman–Crippen MR) is 66.1 cm³/mol. The molecule has 0 aromatic carbocycles. The first kappa shape index (κ1) is 11.9. The minimum absolute atomic E-state index is 0.0909. The van der Waals surface area contributed by atoms with Crippen LogP contribution in [0.3, 0.4) is 0 Å². The van der Waals surface area contributed by atoms with Gasteiger partial charge in [-0.15, -0.1) is 0 Å². The molecular formula is C13H18N2O2. The Hall–Kier alpha value is -1.58. The van der Waals surface area contributed by atoms with Crippen molar-refractivity contribution in [3.63, 3.8) is 0 Å². The highest BCUT2D eigenvalue weighted by Crippen LogP contribution is 2.28. The van der Waals surface area contributed by atoms with Gasteiger partial charge in [-0.2, -0.15) is 0 Å². The molecule has 4 nitrogen and oxygen atoms in total. The van der Waals surface area contributed by atoms with Crippen LogP contribution in [0.2, 0.25) is 0 Å². The van der Waals surface area contributed by atoms with Crippen LogP contribution in [0.1, 0.15) is 31.2 Å². The van der Waals surface area contributed by atoms with Crippen molar-refractivity contribution in [2.45, 2.75) is 32.6 Å². The van der Waals surface area contributed by atoms with Crippen molar-refractivity contribution in [3.05, 3.63) is 17.8 Å². The third-order valence-corrected chi connectivity index (χ3v) is 3.17. The van der Waals surface area contributed by atoms with Gasteiger partial charge >= 0.3 is 0 Å². The Labute approximate surface area is 101 Å². The van der Waals surface area contributed by atoms with Crippen LogP contribution in [0, 0.1) is 12.8 Å². The first-order valence-corrected chi connectivity index (χ1v) is 6.02. The molecule has 0 aliphatic heterocycles. The summed E-state index contributed by atoms with van der Waals surface area (Å²) >= 11 is 0. The number of aryl methyl sites for hydroxylation is 1. The van der Waals surface area contributed by atoms with Gasteiger partial charge in [0.15, 0.2) is 0 Å². The van der Waals surface area contributed by atoms with Gasteiger partial charge in [0.2, 0.25) is 11.8 Å². The number of nitrogens with zero attached hydrogens (tertiary/aromatic N) is 1. The number of anilines is 1. The maximum atomic E-state index is 12.0. The van der Waals surface area contributed by atoms with E-state index in [0.29, 0.717) is 11.6 Å². The molecule has 0 spiro atoms. The number of pyridine rings is 1. The molecule has 4 heteroatoms. The normalized spacial score (nSPS) is 15.9. The number of hydrogen-bond donors (Lipinski definition) is 1. The summed E-state index contributed by atoms with van der Waals surface area (Å²) in [6.07, 6.45) is 6.02. The number of nitrogens with one attached hydrogen (secondary N) is 1. The van der Waals surface area contributed by atoms with Crippen LogP contribution < -0.4 is 10.1 Å². The van der Waals surface area contributed by atoms with E-state index in [-0.39, 0.29) is 11.8 Å². The number of methoxy groups -OCH3 is 1. The minimum Gasteiger partial charge on any atom is -0.480 e. The molecule has 1 fully saturated rings. The van der Waals surface area contributed by atoms with Gasteiger partial charge in [-0.05, 0) is 31.4 Å². The number of rotatable bonds is 3. The Kier molecular flexibility index (Phi) is 3.61. The molecule has 1 aromatic heterocycles. The van der Waals surface area contributed by atoms with Gasteiger partial charge in [-0.3, -0.25) is 4.79 Å². The number of ether oxygens (including phenoxy) is 1. The van der Waals surface area contributed by atoms with Crippen LogP contribution in [0.15, 0.2) is 12.3 Å². The van der Waals surface area contributed by atoms with Crippen molar-refractivity contribution in [1.29, 1.82) is 0 Å². The lowest BCUT2D eigenvalue weighted by Gasteiger charge is -2.13. The van der Waals surface area contributed by atoms with Gasteiger partial charge in [0.25, 0.3) is 0 Å². The monoisotopic (exact) mass is 234 g/mol. The van der Waals surface area contributed by atoms with E-state index >= 15 is 0 Å². The van der Waals surface area contributed by atoms with Gasteiger partial charge in [-0.25, -0.2) is 4.98 Å². The van der Waals surface area contributed by atoms with E-state index < -0.39 is 0 Å². The zero-order valence-corrected chi connectivity index (χ0v) is 10.3. The van der Waals surface area contributed by atoms with E-state index in [4.69, 9.17) is 4.74 Å². The van der Waals surface area contributed by atoms with Crippen LogP contribution in [-0.2, 0) is 4.79 Å². The number of amides is 1. The lowest BCUT2D eigenvalue weighted by molar-refractivity contribution is -0.119. The Balaban J connectivity index is 2.11. The van der Waals surface area contributed by atoms with Crippen molar-refractivity contribution in [2.24, 2.45) is 5.92 Å². The van der Waals surface area contributed by atoms with E-state index in [1.54, 1.807) is 13.3 Å². The number of hydrogen-bond acceptors (Lipinski definition) is 3. The largest absolute Gasteiger partial charge is 0.480 e. The quantitative estimate of drug-likeness (QED) is 0.874. The average molecular weight is 234 g/mol. The highest BCUT2D eigenvalue weighted by Gasteiger charge is 2.23. The van der Waals surface area contributed by atoms with E-state index in [0.717, 1.165) is 31.2 Å². The molecule has 1 aliphatic rings. The van der Waals surface area contributed by atoms with E-state index in [9.17, 15) is 4.79 Å². The summed E-state index contributed by atoms with van der Waals surface area (Å²) in [7, 11) is 1.56. The molecule has 1 amide bonds. The Morgan fingerprint density at radius 2 is 2.18 bits per heavy atom. The van der Waals surface area contributed by atoms with E-state index in [2.05, 4.69) is 10.3 Å². The second kappa shape index (κ2) is 5.17. The zero-order valence-electron chi connectivity index (χ0n) is 10.3. The van der Waals surface area contributed by atoms with Crippen molar-refractivity contribution in [3.8, 4) is 5.88 Å². The van der Waals surface area contributed by atoms with E-state index in [1.165, 1.54) is 0 Å². The fourth-order valence-corrected chi connectivity index (χ4v) is 2.23. The molecule has 0 atom stereocenters. The van der Waals surface area contributed by atoms with Crippen LogP contribution in [0.25, 0.3) is 0 Å². The maximum absolute atomic E-state index is 12.0. The number of carbonyl (C=O) groups excluding carboxylic acids is 1.